The van der Waals surface area contributed by atoms with Gasteiger partial charge >= 0.3 is 11.9 Å². The SMILES string of the molecule is COc1ccc(N=Nc2ccc(C=Cc3ccc(N=Nc4ccc(OC)cc4C(=O)O)cc3S(=O)(=O)O)c(S(=O)(=O)O)c2)c(C(=O)O)c1. The maximum Gasteiger partial charge on any atom is 0.338 e. The zero-order chi connectivity index (χ0) is 35.2. The second-order valence-electron chi connectivity index (χ2n) is 9.50. The predicted molar refractivity (Wildman–Crippen MR) is 170 cm³/mol. The quantitative estimate of drug-likeness (QED) is 0.0695. The molecule has 4 rings (SSSR count). The largest absolute Gasteiger partial charge is 0.497 e. The van der Waals surface area contributed by atoms with Gasteiger partial charge in [0.1, 0.15) is 32.7 Å². The van der Waals surface area contributed by atoms with Crippen molar-refractivity contribution in [3.05, 3.63) is 95.1 Å². The van der Waals surface area contributed by atoms with Gasteiger partial charge in [-0.1, -0.05) is 24.3 Å². The van der Waals surface area contributed by atoms with Gasteiger partial charge in [-0.2, -0.15) is 27.1 Å². The standard InChI is InChI=1S/C30H24N4O12S2/c1-45-21-9-11-25(23(15-21)29(35)36)33-31-19-7-5-17(27(13-19)47(39,40)41)3-4-18-6-8-20(14-28(18)48(42,43)44)32-34-26-12-10-22(46-2)16-24(26)30(37)38/h3-16H,1-2H3,(H,35,36)(H,37,38)(H,39,40,41)(H,42,43,44). The van der Waals surface area contributed by atoms with Crippen LogP contribution in [0.1, 0.15) is 31.8 Å². The van der Waals surface area contributed by atoms with E-state index in [2.05, 4.69) is 20.5 Å². The molecule has 0 spiro atoms. The van der Waals surface area contributed by atoms with Crippen LogP contribution in [0.3, 0.4) is 0 Å². The number of azo groups is 2. The van der Waals surface area contributed by atoms with E-state index < -0.39 is 42.0 Å². The second-order valence-corrected chi connectivity index (χ2v) is 12.3. The topological polar surface area (TPSA) is 251 Å². The minimum absolute atomic E-state index is 0.0623. The van der Waals surface area contributed by atoms with Gasteiger partial charge in [0.2, 0.25) is 0 Å². The van der Waals surface area contributed by atoms with Crippen LogP contribution in [0.15, 0.2) is 103 Å². The molecule has 4 N–H and O–H groups in total. The van der Waals surface area contributed by atoms with E-state index in [1.54, 1.807) is 0 Å². The molecule has 0 atom stereocenters. The number of rotatable bonds is 12. The second kappa shape index (κ2) is 14.3. The maximum absolute atomic E-state index is 12.2. The lowest BCUT2D eigenvalue weighted by molar-refractivity contribution is 0.0686. The van der Waals surface area contributed by atoms with E-state index in [0.717, 1.165) is 24.3 Å². The van der Waals surface area contributed by atoms with E-state index in [1.807, 2.05) is 0 Å². The van der Waals surface area contributed by atoms with Crippen LogP contribution in [0.5, 0.6) is 11.5 Å². The number of nitrogens with zero attached hydrogens (tertiary/aromatic N) is 4. The number of ether oxygens (including phenoxy) is 2. The molecule has 0 amide bonds. The lowest BCUT2D eigenvalue weighted by Gasteiger charge is -2.07. The first-order chi connectivity index (χ1) is 22.6. The van der Waals surface area contributed by atoms with Crippen molar-refractivity contribution in [3.63, 3.8) is 0 Å². The fourth-order valence-electron chi connectivity index (χ4n) is 4.10. The third kappa shape index (κ3) is 8.50. The molecule has 4 aromatic rings. The number of aromatic carboxylic acids is 2. The van der Waals surface area contributed by atoms with Crippen molar-refractivity contribution in [2.45, 2.75) is 9.79 Å². The summed E-state index contributed by atoms with van der Waals surface area (Å²) in [6, 6.07) is 15.0. The van der Waals surface area contributed by atoms with E-state index in [0.29, 0.717) is 0 Å². The molecular weight excluding hydrogens is 672 g/mol. The van der Waals surface area contributed by atoms with Crippen LogP contribution in [-0.2, 0) is 20.2 Å². The fourth-order valence-corrected chi connectivity index (χ4v) is 5.50. The van der Waals surface area contributed by atoms with E-state index in [-0.39, 0.29) is 56.5 Å². The maximum atomic E-state index is 12.2. The molecule has 0 aromatic heterocycles. The number of hydrogen-bond acceptors (Lipinski definition) is 12. The smallest absolute Gasteiger partial charge is 0.338 e. The van der Waals surface area contributed by atoms with Crippen LogP contribution in [0.4, 0.5) is 22.7 Å². The van der Waals surface area contributed by atoms with Crippen LogP contribution in [0.25, 0.3) is 12.2 Å². The van der Waals surface area contributed by atoms with Crippen LogP contribution >= 0.6 is 0 Å². The van der Waals surface area contributed by atoms with Crippen molar-refractivity contribution < 1.29 is 55.2 Å². The molecule has 48 heavy (non-hydrogen) atoms. The number of hydrogen-bond donors (Lipinski definition) is 4. The summed E-state index contributed by atoms with van der Waals surface area (Å²) in [7, 11) is -7.05. The van der Waals surface area contributed by atoms with E-state index >= 15 is 0 Å². The van der Waals surface area contributed by atoms with Crippen LogP contribution in [0, 0.1) is 0 Å². The monoisotopic (exact) mass is 696 g/mol. The van der Waals surface area contributed by atoms with Crippen molar-refractivity contribution in [2.75, 3.05) is 14.2 Å². The van der Waals surface area contributed by atoms with Gasteiger partial charge in [0.25, 0.3) is 20.2 Å². The Morgan fingerprint density at radius 3 is 1.27 bits per heavy atom. The molecule has 16 nitrogen and oxygen atoms in total. The Hall–Kier alpha value is -5.82. The highest BCUT2D eigenvalue weighted by Crippen LogP contribution is 2.31. The van der Waals surface area contributed by atoms with E-state index in [4.69, 9.17) is 9.47 Å². The molecule has 0 aliphatic heterocycles. The van der Waals surface area contributed by atoms with Gasteiger partial charge in [-0.25, -0.2) is 9.59 Å². The number of carboxylic acids is 2. The Labute approximate surface area is 272 Å². The molecular formula is C30H24N4O12S2. The summed E-state index contributed by atoms with van der Waals surface area (Å²) in [5, 5.41) is 34.4. The average molecular weight is 697 g/mol. The molecule has 0 fully saturated rings. The van der Waals surface area contributed by atoms with Gasteiger partial charge in [-0.05, 0) is 71.8 Å². The highest BCUT2D eigenvalue weighted by atomic mass is 32.2. The lowest BCUT2D eigenvalue weighted by atomic mass is 10.1. The van der Waals surface area contributed by atoms with Crippen LogP contribution in [0.2, 0.25) is 0 Å². The van der Waals surface area contributed by atoms with Crippen LogP contribution < -0.4 is 9.47 Å². The van der Waals surface area contributed by atoms with Crippen molar-refractivity contribution in [1.29, 1.82) is 0 Å². The first kappa shape index (κ1) is 35.0. The Balaban J connectivity index is 1.69. The van der Waals surface area contributed by atoms with Crippen molar-refractivity contribution >= 4 is 67.1 Å². The van der Waals surface area contributed by atoms with Gasteiger partial charge in [-0.15, -0.1) is 10.2 Å². The molecule has 0 saturated heterocycles. The molecule has 0 aliphatic carbocycles. The van der Waals surface area contributed by atoms with Gasteiger partial charge < -0.3 is 19.7 Å². The highest BCUT2D eigenvalue weighted by molar-refractivity contribution is 7.86. The summed E-state index contributed by atoms with van der Waals surface area (Å²) in [4.78, 5) is 21.9. The average Bonchev–Trinajstić information content (AvgIpc) is 3.04. The molecule has 0 saturated carbocycles. The van der Waals surface area contributed by atoms with Gasteiger partial charge in [0.15, 0.2) is 0 Å². The Bertz CT molecular complexity index is 2080. The summed E-state index contributed by atoms with van der Waals surface area (Å²) in [5.74, 6) is -2.11. The third-order valence-electron chi connectivity index (χ3n) is 6.41. The summed E-state index contributed by atoms with van der Waals surface area (Å²) in [6.07, 6.45) is 2.30. The van der Waals surface area contributed by atoms with Gasteiger partial charge in [-0.3, -0.25) is 9.11 Å². The Morgan fingerprint density at radius 2 is 0.958 bits per heavy atom. The van der Waals surface area contributed by atoms with Gasteiger partial charge in [0.05, 0.1) is 36.7 Å². The Kier molecular flexibility index (Phi) is 10.4. The summed E-state index contributed by atoms with van der Waals surface area (Å²) in [5.41, 5.74) is -0.983. The van der Waals surface area contributed by atoms with Gasteiger partial charge in [0, 0.05) is 0 Å². The molecule has 0 aliphatic rings. The highest BCUT2D eigenvalue weighted by Gasteiger charge is 2.18. The van der Waals surface area contributed by atoms with Crippen molar-refractivity contribution in [1.82, 2.24) is 0 Å². The normalized spacial score (nSPS) is 12.2. The zero-order valence-corrected chi connectivity index (χ0v) is 26.4. The number of carbonyl (C=O) groups is 2. The summed E-state index contributed by atoms with van der Waals surface area (Å²) >= 11 is 0. The number of carboxylic acid groups (broad SMARTS) is 2. The first-order valence-corrected chi connectivity index (χ1v) is 16.1. The molecule has 0 unspecified atom stereocenters. The van der Waals surface area contributed by atoms with Crippen molar-refractivity contribution in [2.24, 2.45) is 20.5 Å². The number of benzene rings is 4. The molecule has 0 radical (unpaired) electrons. The van der Waals surface area contributed by atoms with Crippen LogP contribution in [-0.4, -0.2) is 62.3 Å². The van der Waals surface area contributed by atoms with E-state index in [9.17, 15) is 45.7 Å². The summed E-state index contributed by atoms with van der Waals surface area (Å²) in [6.45, 7) is 0. The first-order valence-electron chi connectivity index (χ1n) is 13.2. The third-order valence-corrected chi connectivity index (χ3v) is 8.23. The minimum atomic E-state index is -4.88. The fraction of sp³-hybridized carbons (Fsp3) is 0.0667. The summed E-state index contributed by atoms with van der Waals surface area (Å²) < 4.78 is 78.7. The molecule has 0 bridgehead atoms. The Morgan fingerprint density at radius 1 is 0.583 bits per heavy atom. The molecule has 248 valence electrons. The van der Waals surface area contributed by atoms with E-state index in [1.165, 1.54) is 74.9 Å². The minimum Gasteiger partial charge on any atom is -0.497 e. The van der Waals surface area contributed by atoms with Crippen molar-refractivity contribution in [3.8, 4) is 11.5 Å². The lowest BCUT2D eigenvalue weighted by Crippen LogP contribution is -2.01. The number of methoxy groups -OCH3 is 2. The zero-order valence-electron chi connectivity index (χ0n) is 24.7. The molecule has 4 aromatic carbocycles. The predicted octanol–water partition coefficient (Wildman–Crippen LogP) is 6.59. The molecule has 18 heteroatoms. The molecule has 0 heterocycles.